The van der Waals surface area contributed by atoms with E-state index in [1.165, 1.54) is 11.3 Å². The van der Waals surface area contributed by atoms with Gasteiger partial charge in [0.2, 0.25) is 0 Å². The number of carbonyl (C=O) groups excluding carboxylic acids is 2. The Morgan fingerprint density at radius 1 is 1.10 bits per heavy atom. The third-order valence-corrected chi connectivity index (χ3v) is 5.50. The number of nitrogens with zero attached hydrogens (tertiary/aromatic N) is 4. The standard InChI is InChI=1S/C20H28N6O3S/c1-13-14(2)30-18(22-13)24-17(27)23-15-6-7-16(21-12-15)25-8-10-26(11-9-25)19(28)29-20(3,4)5/h6-7,12H,8-11H2,1-5H3,(H2,22,23,24,27). The van der Waals surface area contributed by atoms with Crippen molar-refractivity contribution in [3.63, 3.8) is 0 Å². The number of urea groups is 1. The van der Waals surface area contributed by atoms with Gasteiger partial charge < -0.3 is 19.9 Å². The van der Waals surface area contributed by atoms with E-state index in [0.717, 1.165) is 16.4 Å². The molecule has 2 aromatic heterocycles. The molecule has 3 heterocycles. The zero-order chi connectivity index (χ0) is 21.9. The molecule has 3 rings (SSSR count). The average Bonchev–Trinajstić information content (AvgIpc) is 2.98. The number of carbonyl (C=O) groups is 2. The molecule has 162 valence electrons. The number of thiazole rings is 1. The van der Waals surface area contributed by atoms with E-state index >= 15 is 0 Å². The second-order valence-corrected chi connectivity index (χ2v) is 9.30. The van der Waals surface area contributed by atoms with Crippen molar-refractivity contribution in [2.75, 3.05) is 41.7 Å². The van der Waals surface area contributed by atoms with Gasteiger partial charge in [0.15, 0.2) is 5.13 Å². The summed E-state index contributed by atoms with van der Waals surface area (Å²) in [5.74, 6) is 0.802. The largest absolute Gasteiger partial charge is 0.444 e. The lowest BCUT2D eigenvalue weighted by atomic mass is 10.2. The van der Waals surface area contributed by atoms with Crippen molar-refractivity contribution in [2.45, 2.75) is 40.2 Å². The van der Waals surface area contributed by atoms with Crippen LogP contribution in [0.25, 0.3) is 0 Å². The zero-order valence-electron chi connectivity index (χ0n) is 18.0. The van der Waals surface area contributed by atoms with Crippen molar-refractivity contribution >= 4 is 40.1 Å². The zero-order valence-corrected chi connectivity index (χ0v) is 18.8. The topological polar surface area (TPSA) is 99.7 Å². The third-order valence-electron chi connectivity index (χ3n) is 4.51. The SMILES string of the molecule is Cc1nc(NC(=O)Nc2ccc(N3CCN(C(=O)OC(C)(C)C)CC3)nc2)sc1C. The van der Waals surface area contributed by atoms with Crippen molar-refractivity contribution < 1.29 is 14.3 Å². The highest BCUT2D eigenvalue weighted by Crippen LogP contribution is 2.22. The van der Waals surface area contributed by atoms with Crippen LogP contribution in [-0.4, -0.2) is 58.8 Å². The van der Waals surface area contributed by atoms with E-state index in [2.05, 4.69) is 25.5 Å². The van der Waals surface area contributed by atoms with Gasteiger partial charge in [-0.1, -0.05) is 0 Å². The van der Waals surface area contributed by atoms with Crippen molar-refractivity contribution in [3.05, 3.63) is 28.9 Å². The highest BCUT2D eigenvalue weighted by atomic mass is 32.1. The predicted octanol–water partition coefficient (Wildman–Crippen LogP) is 3.86. The Morgan fingerprint density at radius 3 is 2.33 bits per heavy atom. The molecule has 1 aliphatic heterocycles. The fourth-order valence-corrected chi connectivity index (χ4v) is 3.69. The van der Waals surface area contributed by atoms with Gasteiger partial charge in [-0.15, -0.1) is 11.3 Å². The van der Waals surface area contributed by atoms with Crippen LogP contribution in [0.15, 0.2) is 18.3 Å². The minimum atomic E-state index is -0.498. The van der Waals surface area contributed by atoms with Gasteiger partial charge in [0, 0.05) is 31.1 Å². The number of aryl methyl sites for hydroxylation is 2. The summed E-state index contributed by atoms with van der Waals surface area (Å²) in [6, 6.07) is 3.31. The maximum absolute atomic E-state index is 12.2. The molecule has 30 heavy (non-hydrogen) atoms. The van der Waals surface area contributed by atoms with Crippen LogP contribution in [0.4, 0.5) is 26.2 Å². The highest BCUT2D eigenvalue weighted by Gasteiger charge is 2.26. The van der Waals surface area contributed by atoms with Crippen LogP contribution in [0.1, 0.15) is 31.3 Å². The van der Waals surface area contributed by atoms with Crippen LogP contribution in [0.5, 0.6) is 0 Å². The van der Waals surface area contributed by atoms with Crippen LogP contribution >= 0.6 is 11.3 Å². The smallest absolute Gasteiger partial charge is 0.410 e. The molecule has 10 heteroatoms. The first-order valence-corrected chi connectivity index (χ1v) is 10.6. The molecule has 9 nitrogen and oxygen atoms in total. The number of ether oxygens (including phenoxy) is 1. The molecule has 0 aliphatic carbocycles. The third kappa shape index (κ3) is 5.82. The summed E-state index contributed by atoms with van der Waals surface area (Å²) in [6.07, 6.45) is 1.33. The van der Waals surface area contributed by atoms with E-state index in [9.17, 15) is 9.59 Å². The molecular weight excluding hydrogens is 404 g/mol. The summed E-state index contributed by atoms with van der Waals surface area (Å²) in [6.45, 7) is 11.9. The summed E-state index contributed by atoms with van der Waals surface area (Å²) < 4.78 is 5.42. The first kappa shape index (κ1) is 21.8. The number of hydrogen-bond acceptors (Lipinski definition) is 7. The van der Waals surface area contributed by atoms with Gasteiger partial charge in [-0.3, -0.25) is 5.32 Å². The minimum Gasteiger partial charge on any atom is -0.444 e. The number of pyridine rings is 1. The molecule has 0 spiro atoms. The number of piperazine rings is 1. The molecular formula is C20H28N6O3S. The van der Waals surface area contributed by atoms with Crippen LogP contribution in [0, 0.1) is 13.8 Å². The molecule has 1 fully saturated rings. The van der Waals surface area contributed by atoms with Gasteiger partial charge in [0.25, 0.3) is 0 Å². The summed E-state index contributed by atoms with van der Waals surface area (Å²) in [5.41, 5.74) is 1.00. The molecule has 1 aliphatic rings. The Labute approximate surface area is 180 Å². The fraction of sp³-hybridized carbons (Fsp3) is 0.500. The van der Waals surface area contributed by atoms with E-state index in [4.69, 9.17) is 4.74 Å². The van der Waals surface area contributed by atoms with E-state index in [-0.39, 0.29) is 12.1 Å². The molecule has 0 radical (unpaired) electrons. The van der Waals surface area contributed by atoms with E-state index in [1.807, 2.05) is 40.7 Å². The van der Waals surface area contributed by atoms with E-state index < -0.39 is 5.60 Å². The lowest BCUT2D eigenvalue weighted by Crippen LogP contribution is -2.50. The lowest BCUT2D eigenvalue weighted by molar-refractivity contribution is 0.0240. The summed E-state index contributed by atoms with van der Waals surface area (Å²) in [7, 11) is 0. The van der Waals surface area contributed by atoms with Gasteiger partial charge in [-0.05, 0) is 46.8 Å². The molecule has 3 amide bonds. The number of rotatable bonds is 3. The fourth-order valence-electron chi connectivity index (χ4n) is 2.88. The molecule has 1 saturated heterocycles. The first-order chi connectivity index (χ1) is 14.1. The summed E-state index contributed by atoms with van der Waals surface area (Å²) in [4.78, 5) is 37.9. The molecule has 2 aromatic rings. The van der Waals surface area contributed by atoms with Crippen molar-refractivity contribution in [1.29, 1.82) is 0 Å². The molecule has 0 aromatic carbocycles. The second kappa shape index (κ2) is 8.86. The second-order valence-electron chi connectivity index (χ2n) is 8.10. The Kier molecular flexibility index (Phi) is 6.45. The number of nitrogens with one attached hydrogen (secondary N) is 2. The van der Waals surface area contributed by atoms with Gasteiger partial charge >= 0.3 is 12.1 Å². The van der Waals surface area contributed by atoms with Crippen LogP contribution in [0.3, 0.4) is 0 Å². The van der Waals surface area contributed by atoms with Crippen molar-refractivity contribution in [3.8, 4) is 0 Å². The maximum atomic E-state index is 12.2. The molecule has 2 N–H and O–H groups in total. The Hall–Kier alpha value is -2.88. The Balaban J connectivity index is 1.50. The number of amides is 3. The first-order valence-electron chi connectivity index (χ1n) is 9.82. The monoisotopic (exact) mass is 432 g/mol. The Morgan fingerprint density at radius 2 is 1.80 bits per heavy atom. The van der Waals surface area contributed by atoms with Crippen molar-refractivity contribution in [2.24, 2.45) is 0 Å². The van der Waals surface area contributed by atoms with Crippen LogP contribution in [0.2, 0.25) is 0 Å². The highest BCUT2D eigenvalue weighted by molar-refractivity contribution is 7.15. The lowest BCUT2D eigenvalue weighted by Gasteiger charge is -2.36. The maximum Gasteiger partial charge on any atom is 0.410 e. The molecule has 0 saturated carbocycles. The number of anilines is 3. The summed E-state index contributed by atoms with van der Waals surface area (Å²) >= 11 is 1.44. The van der Waals surface area contributed by atoms with E-state index in [1.54, 1.807) is 17.2 Å². The molecule has 0 unspecified atom stereocenters. The van der Waals surface area contributed by atoms with E-state index in [0.29, 0.717) is 37.0 Å². The predicted molar refractivity (Wildman–Crippen MR) is 118 cm³/mol. The van der Waals surface area contributed by atoms with Gasteiger partial charge in [-0.2, -0.15) is 0 Å². The number of aromatic nitrogens is 2. The molecule has 0 atom stereocenters. The minimum absolute atomic E-state index is 0.286. The van der Waals surface area contributed by atoms with Gasteiger partial charge in [0.1, 0.15) is 11.4 Å². The quantitative estimate of drug-likeness (QED) is 0.764. The normalized spacial score (nSPS) is 14.4. The van der Waals surface area contributed by atoms with Crippen LogP contribution < -0.4 is 15.5 Å². The molecule has 0 bridgehead atoms. The Bertz CT molecular complexity index is 879. The average molecular weight is 433 g/mol. The van der Waals surface area contributed by atoms with Crippen molar-refractivity contribution in [1.82, 2.24) is 14.9 Å². The summed E-state index contributed by atoms with van der Waals surface area (Å²) in [5, 5.41) is 6.06. The van der Waals surface area contributed by atoms with Crippen LogP contribution in [-0.2, 0) is 4.74 Å². The number of hydrogen-bond donors (Lipinski definition) is 2. The van der Waals surface area contributed by atoms with Gasteiger partial charge in [0.05, 0.1) is 17.6 Å². The van der Waals surface area contributed by atoms with Gasteiger partial charge in [-0.25, -0.2) is 19.6 Å².